The number of nitro groups is 1. The van der Waals surface area contributed by atoms with Gasteiger partial charge in [-0.15, -0.1) is 0 Å². The minimum absolute atomic E-state index is 0.0902. The summed E-state index contributed by atoms with van der Waals surface area (Å²) in [5, 5.41) is 10.8. The van der Waals surface area contributed by atoms with Crippen LogP contribution in [0.3, 0.4) is 0 Å². The molecule has 0 atom stereocenters. The Bertz CT molecular complexity index is 475. The van der Waals surface area contributed by atoms with E-state index in [9.17, 15) is 14.9 Å². The number of hydrogen-bond donors (Lipinski definition) is 0. The monoisotopic (exact) mass is 268 g/mol. The highest BCUT2D eigenvalue weighted by Crippen LogP contribution is 2.30. The standard InChI is InChI=1S/C12H16N2O5/c1-13(7-6-12(15)19-3)9-4-5-10(14(16)17)11(8-9)18-2/h4-5,8H,6-7H2,1-3H3. The molecular formula is C12H16N2O5. The maximum absolute atomic E-state index is 11.1. The second kappa shape index (κ2) is 6.58. The topological polar surface area (TPSA) is 81.9 Å². The first kappa shape index (κ1) is 14.7. The largest absolute Gasteiger partial charge is 0.490 e. The summed E-state index contributed by atoms with van der Waals surface area (Å²) in [6.45, 7) is 0.452. The lowest BCUT2D eigenvalue weighted by Gasteiger charge is -2.19. The molecule has 0 aliphatic rings. The Labute approximate surface area is 110 Å². The van der Waals surface area contributed by atoms with Gasteiger partial charge in [0.05, 0.1) is 25.6 Å². The number of benzene rings is 1. The van der Waals surface area contributed by atoms with Crippen LogP contribution in [-0.2, 0) is 9.53 Å². The van der Waals surface area contributed by atoms with E-state index in [0.717, 1.165) is 5.69 Å². The minimum Gasteiger partial charge on any atom is -0.490 e. The third kappa shape index (κ3) is 3.84. The second-order valence-electron chi connectivity index (χ2n) is 3.86. The van der Waals surface area contributed by atoms with Gasteiger partial charge in [0.1, 0.15) is 0 Å². The Morgan fingerprint density at radius 1 is 1.42 bits per heavy atom. The zero-order valence-corrected chi connectivity index (χ0v) is 11.1. The van der Waals surface area contributed by atoms with E-state index >= 15 is 0 Å². The fourth-order valence-corrected chi connectivity index (χ4v) is 1.54. The van der Waals surface area contributed by atoms with E-state index in [1.165, 1.54) is 20.3 Å². The van der Waals surface area contributed by atoms with E-state index in [1.807, 2.05) is 0 Å². The Hall–Kier alpha value is -2.31. The van der Waals surface area contributed by atoms with Crippen molar-refractivity contribution >= 4 is 17.3 Å². The summed E-state index contributed by atoms with van der Waals surface area (Å²) >= 11 is 0. The van der Waals surface area contributed by atoms with Crippen molar-refractivity contribution in [1.29, 1.82) is 0 Å². The lowest BCUT2D eigenvalue weighted by Crippen LogP contribution is -2.21. The van der Waals surface area contributed by atoms with Gasteiger partial charge in [-0.05, 0) is 6.07 Å². The van der Waals surface area contributed by atoms with Crippen LogP contribution in [0.4, 0.5) is 11.4 Å². The Morgan fingerprint density at radius 2 is 2.11 bits per heavy atom. The van der Waals surface area contributed by atoms with Crippen LogP contribution >= 0.6 is 0 Å². The molecule has 0 aromatic heterocycles. The first-order valence-electron chi connectivity index (χ1n) is 5.60. The van der Waals surface area contributed by atoms with Crippen molar-refractivity contribution in [2.45, 2.75) is 6.42 Å². The Balaban J connectivity index is 2.84. The Kier molecular flexibility index (Phi) is 5.11. The van der Waals surface area contributed by atoms with Gasteiger partial charge >= 0.3 is 11.7 Å². The highest BCUT2D eigenvalue weighted by atomic mass is 16.6. The molecule has 1 aromatic rings. The van der Waals surface area contributed by atoms with Gasteiger partial charge in [-0.2, -0.15) is 0 Å². The van der Waals surface area contributed by atoms with E-state index in [4.69, 9.17) is 4.74 Å². The van der Waals surface area contributed by atoms with Crippen molar-refractivity contribution in [2.75, 3.05) is 32.7 Å². The van der Waals surface area contributed by atoms with Crippen molar-refractivity contribution < 1.29 is 19.2 Å². The zero-order valence-electron chi connectivity index (χ0n) is 11.1. The molecule has 7 nitrogen and oxygen atoms in total. The van der Waals surface area contributed by atoms with Gasteiger partial charge in [0.15, 0.2) is 5.75 Å². The van der Waals surface area contributed by atoms with E-state index < -0.39 is 4.92 Å². The maximum atomic E-state index is 11.1. The van der Waals surface area contributed by atoms with Gasteiger partial charge in [-0.1, -0.05) is 0 Å². The lowest BCUT2D eigenvalue weighted by molar-refractivity contribution is -0.385. The van der Waals surface area contributed by atoms with Crippen LogP contribution in [0.15, 0.2) is 18.2 Å². The van der Waals surface area contributed by atoms with Crippen LogP contribution in [0.1, 0.15) is 6.42 Å². The molecule has 0 heterocycles. The summed E-state index contributed by atoms with van der Waals surface area (Å²) in [4.78, 5) is 23.1. The van der Waals surface area contributed by atoms with Crippen LogP contribution in [0.25, 0.3) is 0 Å². The molecule has 0 aliphatic carbocycles. The zero-order chi connectivity index (χ0) is 14.4. The third-order valence-electron chi connectivity index (χ3n) is 2.68. The molecule has 0 N–H and O–H groups in total. The summed E-state index contributed by atoms with van der Waals surface area (Å²) in [6, 6.07) is 4.55. The van der Waals surface area contributed by atoms with Gasteiger partial charge in [0.25, 0.3) is 0 Å². The summed E-state index contributed by atoms with van der Waals surface area (Å²) in [6.07, 6.45) is 0.242. The van der Waals surface area contributed by atoms with Gasteiger partial charge in [-0.3, -0.25) is 14.9 Å². The van der Waals surface area contributed by atoms with Crippen LogP contribution in [-0.4, -0.2) is 38.7 Å². The predicted molar refractivity (Wildman–Crippen MR) is 69.6 cm³/mol. The molecule has 0 radical (unpaired) electrons. The first-order valence-corrected chi connectivity index (χ1v) is 5.60. The molecule has 0 unspecified atom stereocenters. The number of carbonyl (C=O) groups excluding carboxylic acids is 1. The molecule has 104 valence electrons. The van der Waals surface area contributed by atoms with Gasteiger partial charge in [0.2, 0.25) is 0 Å². The van der Waals surface area contributed by atoms with E-state index in [-0.39, 0.29) is 23.8 Å². The van der Waals surface area contributed by atoms with E-state index in [0.29, 0.717) is 6.54 Å². The number of hydrogen-bond acceptors (Lipinski definition) is 6. The molecular weight excluding hydrogens is 252 g/mol. The highest BCUT2D eigenvalue weighted by molar-refractivity contribution is 5.70. The third-order valence-corrected chi connectivity index (χ3v) is 2.68. The van der Waals surface area contributed by atoms with Crippen molar-refractivity contribution in [3.05, 3.63) is 28.3 Å². The van der Waals surface area contributed by atoms with E-state index in [2.05, 4.69) is 4.74 Å². The SMILES string of the molecule is COC(=O)CCN(C)c1ccc([N+](=O)[O-])c(OC)c1. The van der Waals surface area contributed by atoms with Gasteiger partial charge in [0, 0.05) is 31.4 Å². The molecule has 0 aliphatic heterocycles. The normalized spacial score (nSPS) is 9.84. The smallest absolute Gasteiger partial charge is 0.311 e. The average molecular weight is 268 g/mol. The summed E-state index contributed by atoms with van der Waals surface area (Å²) in [5.41, 5.74) is 0.638. The number of esters is 1. The number of nitro benzene ring substituents is 1. The minimum atomic E-state index is -0.503. The fourth-order valence-electron chi connectivity index (χ4n) is 1.54. The molecule has 19 heavy (non-hydrogen) atoms. The molecule has 0 spiro atoms. The van der Waals surface area contributed by atoms with Gasteiger partial charge in [-0.25, -0.2) is 0 Å². The molecule has 0 saturated heterocycles. The summed E-state index contributed by atoms with van der Waals surface area (Å²) in [5.74, 6) is -0.117. The van der Waals surface area contributed by atoms with Crippen LogP contribution < -0.4 is 9.64 Å². The molecule has 0 bridgehead atoms. The first-order chi connectivity index (χ1) is 8.99. The summed E-state index contributed by atoms with van der Waals surface area (Å²) in [7, 11) is 4.49. The molecule has 1 aromatic carbocycles. The molecule has 0 saturated carbocycles. The number of anilines is 1. The van der Waals surface area contributed by atoms with Crippen molar-refractivity contribution in [2.24, 2.45) is 0 Å². The number of rotatable bonds is 6. The fraction of sp³-hybridized carbons (Fsp3) is 0.417. The van der Waals surface area contributed by atoms with Crippen molar-refractivity contribution in [3.63, 3.8) is 0 Å². The summed E-state index contributed by atoms with van der Waals surface area (Å²) < 4.78 is 9.54. The molecule has 1 rings (SSSR count). The molecule has 0 amide bonds. The predicted octanol–water partition coefficient (Wildman–Crippen LogP) is 1.60. The second-order valence-corrected chi connectivity index (χ2v) is 3.86. The number of carbonyl (C=O) groups is 1. The quantitative estimate of drug-likeness (QED) is 0.443. The Morgan fingerprint density at radius 3 is 2.63 bits per heavy atom. The molecule has 7 heteroatoms. The highest BCUT2D eigenvalue weighted by Gasteiger charge is 2.16. The maximum Gasteiger partial charge on any atom is 0.311 e. The molecule has 0 fully saturated rings. The van der Waals surface area contributed by atoms with Crippen LogP contribution in [0.5, 0.6) is 5.75 Å². The van der Waals surface area contributed by atoms with Crippen LogP contribution in [0, 0.1) is 10.1 Å². The van der Waals surface area contributed by atoms with E-state index in [1.54, 1.807) is 24.1 Å². The lowest BCUT2D eigenvalue weighted by atomic mass is 10.2. The number of nitrogens with zero attached hydrogens (tertiary/aromatic N) is 2. The number of methoxy groups -OCH3 is 2. The van der Waals surface area contributed by atoms with Crippen molar-refractivity contribution in [1.82, 2.24) is 0 Å². The van der Waals surface area contributed by atoms with Crippen molar-refractivity contribution in [3.8, 4) is 5.75 Å². The number of ether oxygens (including phenoxy) is 2. The average Bonchev–Trinajstić information content (AvgIpc) is 2.43. The van der Waals surface area contributed by atoms with Crippen LogP contribution in [0.2, 0.25) is 0 Å². The van der Waals surface area contributed by atoms with Gasteiger partial charge < -0.3 is 14.4 Å².